The topological polar surface area (TPSA) is 38.5 Å². The fourth-order valence-electron chi connectivity index (χ4n) is 2.71. The zero-order valence-electron chi connectivity index (χ0n) is 11.8. The van der Waals surface area contributed by atoms with Crippen molar-refractivity contribution in [1.82, 2.24) is 4.90 Å². The van der Waals surface area contributed by atoms with Crippen LogP contribution in [0.15, 0.2) is 24.3 Å². The third-order valence-electron chi connectivity index (χ3n) is 4.02. The molecule has 1 aromatic carbocycles. The standard InChI is InChI=1S/C15H22F2N2O/c1-19(10-11-5-4-6-11)13(9-18)12-7-2-3-8-14(12)20-15(16)17/h2-3,7-8,11,13,15H,4-6,9-10,18H2,1H3. The van der Waals surface area contributed by atoms with E-state index in [1.807, 2.05) is 19.2 Å². The first-order valence-electron chi connectivity index (χ1n) is 7.06. The van der Waals surface area contributed by atoms with Gasteiger partial charge in [0, 0.05) is 18.7 Å². The predicted molar refractivity (Wildman–Crippen MR) is 74.8 cm³/mol. The van der Waals surface area contributed by atoms with Gasteiger partial charge in [-0.25, -0.2) is 0 Å². The Morgan fingerprint density at radius 3 is 2.60 bits per heavy atom. The largest absolute Gasteiger partial charge is 0.434 e. The average Bonchev–Trinajstić information content (AvgIpc) is 2.36. The molecule has 1 aliphatic carbocycles. The summed E-state index contributed by atoms with van der Waals surface area (Å²) in [5.74, 6) is 0.927. The molecular formula is C15H22F2N2O. The van der Waals surface area contributed by atoms with Crippen LogP contribution in [-0.2, 0) is 0 Å². The van der Waals surface area contributed by atoms with Crippen molar-refractivity contribution in [2.45, 2.75) is 31.9 Å². The molecule has 1 atom stereocenters. The minimum atomic E-state index is -2.81. The maximum atomic E-state index is 12.5. The molecular weight excluding hydrogens is 262 g/mol. The molecule has 0 saturated heterocycles. The Morgan fingerprint density at radius 2 is 2.05 bits per heavy atom. The number of rotatable bonds is 7. The van der Waals surface area contributed by atoms with E-state index < -0.39 is 6.61 Å². The van der Waals surface area contributed by atoms with Crippen LogP contribution >= 0.6 is 0 Å². The normalized spacial score (nSPS) is 17.3. The monoisotopic (exact) mass is 284 g/mol. The lowest BCUT2D eigenvalue weighted by Gasteiger charge is -2.35. The van der Waals surface area contributed by atoms with Gasteiger partial charge in [0.2, 0.25) is 0 Å². The summed E-state index contributed by atoms with van der Waals surface area (Å²) >= 11 is 0. The van der Waals surface area contributed by atoms with Crippen LogP contribution in [0.2, 0.25) is 0 Å². The third kappa shape index (κ3) is 3.67. The van der Waals surface area contributed by atoms with Crippen LogP contribution in [0, 0.1) is 5.92 Å². The molecule has 2 rings (SSSR count). The Balaban J connectivity index is 2.12. The molecule has 0 bridgehead atoms. The van der Waals surface area contributed by atoms with Crippen LogP contribution in [0.3, 0.4) is 0 Å². The average molecular weight is 284 g/mol. The van der Waals surface area contributed by atoms with Gasteiger partial charge in [0.05, 0.1) is 6.04 Å². The summed E-state index contributed by atoms with van der Waals surface area (Å²) < 4.78 is 29.6. The smallest absolute Gasteiger partial charge is 0.387 e. The second kappa shape index (κ2) is 6.99. The molecule has 5 heteroatoms. The van der Waals surface area contributed by atoms with Crippen molar-refractivity contribution in [2.24, 2.45) is 11.7 Å². The third-order valence-corrected chi connectivity index (χ3v) is 4.02. The fourth-order valence-corrected chi connectivity index (χ4v) is 2.71. The van der Waals surface area contributed by atoms with Gasteiger partial charge in [-0.15, -0.1) is 0 Å². The number of ether oxygens (including phenoxy) is 1. The molecule has 3 nitrogen and oxygen atoms in total. The molecule has 1 aliphatic rings. The van der Waals surface area contributed by atoms with Gasteiger partial charge in [-0.05, 0) is 31.9 Å². The minimum absolute atomic E-state index is 0.0921. The highest BCUT2D eigenvalue weighted by atomic mass is 19.3. The Morgan fingerprint density at radius 1 is 1.35 bits per heavy atom. The molecule has 1 fully saturated rings. The van der Waals surface area contributed by atoms with Gasteiger partial charge in [-0.2, -0.15) is 8.78 Å². The van der Waals surface area contributed by atoms with Gasteiger partial charge < -0.3 is 10.5 Å². The summed E-state index contributed by atoms with van der Waals surface area (Å²) in [6.45, 7) is -1.48. The molecule has 0 spiro atoms. The van der Waals surface area contributed by atoms with Gasteiger partial charge in [0.25, 0.3) is 0 Å². The Labute approximate surface area is 118 Å². The zero-order valence-corrected chi connectivity index (χ0v) is 11.8. The number of halogens is 2. The van der Waals surface area contributed by atoms with E-state index in [0.29, 0.717) is 12.5 Å². The van der Waals surface area contributed by atoms with Crippen molar-refractivity contribution < 1.29 is 13.5 Å². The minimum Gasteiger partial charge on any atom is -0.434 e. The maximum absolute atomic E-state index is 12.5. The van der Waals surface area contributed by atoms with Crippen LogP contribution < -0.4 is 10.5 Å². The van der Waals surface area contributed by atoms with E-state index in [-0.39, 0.29) is 11.8 Å². The molecule has 20 heavy (non-hydrogen) atoms. The molecule has 0 radical (unpaired) electrons. The maximum Gasteiger partial charge on any atom is 0.387 e. The molecule has 2 N–H and O–H groups in total. The van der Waals surface area contributed by atoms with Gasteiger partial charge in [-0.3, -0.25) is 4.90 Å². The number of likely N-dealkylation sites (N-methyl/N-ethyl adjacent to an activating group) is 1. The number of nitrogens with two attached hydrogens (primary N) is 1. The van der Waals surface area contributed by atoms with Crippen LogP contribution in [-0.4, -0.2) is 31.6 Å². The summed E-state index contributed by atoms with van der Waals surface area (Å²) in [7, 11) is 2.00. The van der Waals surface area contributed by atoms with Crippen molar-refractivity contribution in [3.63, 3.8) is 0 Å². The van der Waals surface area contributed by atoms with Crippen molar-refractivity contribution in [3.8, 4) is 5.75 Å². The van der Waals surface area contributed by atoms with Crippen molar-refractivity contribution in [2.75, 3.05) is 20.1 Å². The molecule has 0 aliphatic heterocycles. The number of nitrogens with zero attached hydrogens (tertiary/aromatic N) is 1. The predicted octanol–water partition coefficient (Wildman–Crippen LogP) is 3.02. The van der Waals surface area contributed by atoms with E-state index >= 15 is 0 Å². The highest BCUT2D eigenvalue weighted by Crippen LogP contribution is 2.32. The quantitative estimate of drug-likeness (QED) is 0.836. The van der Waals surface area contributed by atoms with Gasteiger partial charge in [0.1, 0.15) is 5.75 Å². The summed E-state index contributed by atoms with van der Waals surface area (Å²) in [5.41, 5.74) is 6.59. The first-order valence-corrected chi connectivity index (χ1v) is 7.06. The Hall–Kier alpha value is -1.20. The number of hydrogen-bond acceptors (Lipinski definition) is 3. The van der Waals surface area contributed by atoms with Crippen LogP contribution in [0.1, 0.15) is 30.9 Å². The lowest BCUT2D eigenvalue weighted by atomic mass is 9.84. The van der Waals surface area contributed by atoms with E-state index in [1.54, 1.807) is 12.1 Å². The number of para-hydroxylation sites is 1. The van der Waals surface area contributed by atoms with Gasteiger partial charge >= 0.3 is 6.61 Å². The van der Waals surface area contributed by atoms with Crippen molar-refractivity contribution >= 4 is 0 Å². The van der Waals surface area contributed by atoms with E-state index in [9.17, 15) is 8.78 Å². The Kier molecular flexibility index (Phi) is 5.31. The van der Waals surface area contributed by atoms with E-state index in [0.717, 1.165) is 12.1 Å². The summed E-state index contributed by atoms with van der Waals surface area (Å²) in [4.78, 5) is 2.15. The van der Waals surface area contributed by atoms with Crippen molar-refractivity contribution in [3.05, 3.63) is 29.8 Å². The second-order valence-electron chi connectivity index (χ2n) is 5.40. The van der Waals surface area contributed by atoms with Gasteiger partial charge in [0.15, 0.2) is 0 Å². The molecule has 0 heterocycles. The number of benzene rings is 1. The second-order valence-corrected chi connectivity index (χ2v) is 5.40. The SMILES string of the molecule is CN(CC1CCC1)C(CN)c1ccccc1OC(F)F. The lowest BCUT2D eigenvalue weighted by Crippen LogP contribution is -2.36. The van der Waals surface area contributed by atoms with Crippen LogP contribution in [0.25, 0.3) is 0 Å². The first-order chi connectivity index (χ1) is 9.61. The van der Waals surface area contributed by atoms with E-state index in [4.69, 9.17) is 5.73 Å². The molecule has 1 saturated carbocycles. The summed E-state index contributed by atoms with van der Waals surface area (Å²) in [6, 6.07) is 6.81. The molecule has 1 aromatic rings. The summed E-state index contributed by atoms with van der Waals surface area (Å²) in [6.07, 6.45) is 3.78. The van der Waals surface area contributed by atoms with E-state index in [2.05, 4.69) is 9.64 Å². The molecule has 0 aromatic heterocycles. The zero-order chi connectivity index (χ0) is 14.5. The van der Waals surface area contributed by atoms with Crippen LogP contribution in [0.4, 0.5) is 8.78 Å². The Bertz CT molecular complexity index is 424. The first kappa shape index (κ1) is 15.2. The number of hydrogen-bond donors (Lipinski definition) is 1. The molecule has 1 unspecified atom stereocenters. The molecule has 112 valence electrons. The number of alkyl halides is 2. The van der Waals surface area contributed by atoms with Crippen molar-refractivity contribution in [1.29, 1.82) is 0 Å². The summed E-state index contributed by atoms with van der Waals surface area (Å²) in [5, 5.41) is 0. The lowest BCUT2D eigenvalue weighted by molar-refractivity contribution is -0.0511. The van der Waals surface area contributed by atoms with E-state index in [1.165, 1.54) is 19.3 Å². The molecule has 0 amide bonds. The highest BCUT2D eigenvalue weighted by Gasteiger charge is 2.25. The highest BCUT2D eigenvalue weighted by molar-refractivity contribution is 5.36. The van der Waals surface area contributed by atoms with Gasteiger partial charge in [-0.1, -0.05) is 24.6 Å². The van der Waals surface area contributed by atoms with Crippen LogP contribution in [0.5, 0.6) is 5.75 Å². The fraction of sp³-hybridized carbons (Fsp3) is 0.600.